The van der Waals surface area contributed by atoms with Crippen LogP contribution in [0.3, 0.4) is 0 Å². The molecule has 0 spiro atoms. The van der Waals surface area contributed by atoms with E-state index in [1.807, 2.05) is 60.4 Å². The minimum Gasteiger partial charge on any atom is -0.334 e. The van der Waals surface area contributed by atoms with Crippen molar-refractivity contribution in [1.82, 2.24) is 14.5 Å². The molecule has 1 atom stereocenters. The highest BCUT2D eigenvalue weighted by Gasteiger charge is 2.19. The third-order valence-corrected chi connectivity index (χ3v) is 4.82. The molecular weight excluding hydrogens is 294 g/mol. The van der Waals surface area contributed by atoms with Gasteiger partial charge in [-0.15, -0.1) is 11.3 Å². The van der Waals surface area contributed by atoms with Gasteiger partial charge in [0.1, 0.15) is 0 Å². The molecular formula is C17H17N3OS. The Morgan fingerprint density at radius 2 is 2.05 bits per heavy atom. The lowest BCUT2D eigenvalue weighted by Gasteiger charge is -2.24. The molecule has 22 heavy (non-hydrogen) atoms. The third kappa shape index (κ3) is 2.80. The molecule has 0 N–H and O–H groups in total. The molecule has 4 nitrogen and oxygen atoms in total. The van der Waals surface area contributed by atoms with Crippen LogP contribution in [0.5, 0.6) is 0 Å². The van der Waals surface area contributed by atoms with E-state index >= 15 is 0 Å². The average molecular weight is 311 g/mol. The van der Waals surface area contributed by atoms with Gasteiger partial charge in [-0.1, -0.05) is 6.07 Å². The molecule has 2 aromatic heterocycles. The highest BCUT2D eigenvalue weighted by atomic mass is 32.1. The first-order valence-corrected chi connectivity index (χ1v) is 7.94. The summed E-state index contributed by atoms with van der Waals surface area (Å²) in [7, 11) is 1.84. The average Bonchev–Trinajstić information content (AvgIpc) is 3.26. The fraction of sp³-hybridized carbons (Fsp3) is 0.176. The quantitative estimate of drug-likeness (QED) is 0.735. The first kappa shape index (κ1) is 14.5. The van der Waals surface area contributed by atoms with Gasteiger partial charge in [0.25, 0.3) is 5.91 Å². The van der Waals surface area contributed by atoms with Gasteiger partial charge in [0.05, 0.1) is 12.4 Å². The van der Waals surface area contributed by atoms with Crippen LogP contribution < -0.4 is 0 Å². The van der Waals surface area contributed by atoms with Gasteiger partial charge in [0, 0.05) is 35.6 Å². The number of carbonyl (C=O) groups is 1. The number of amides is 1. The predicted molar refractivity (Wildman–Crippen MR) is 88.4 cm³/mol. The zero-order valence-corrected chi connectivity index (χ0v) is 13.3. The Morgan fingerprint density at radius 1 is 1.27 bits per heavy atom. The van der Waals surface area contributed by atoms with Crippen molar-refractivity contribution in [2.45, 2.75) is 13.0 Å². The molecule has 1 amide bonds. The van der Waals surface area contributed by atoms with Crippen LogP contribution in [0.2, 0.25) is 0 Å². The Hall–Kier alpha value is -2.40. The highest BCUT2D eigenvalue weighted by Crippen LogP contribution is 2.24. The van der Waals surface area contributed by atoms with Gasteiger partial charge in [0.2, 0.25) is 0 Å². The Labute approximate surface area is 133 Å². The number of nitrogens with zero attached hydrogens (tertiary/aromatic N) is 3. The summed E-state index contributed by atoms with van der Waals surface area (Å²) in [6.45, 7) is 2.05. The van der Waals surface area contributed by atoms with E-state index in [0.717, 1.165) is 5.69 Å². The SMILES string of the molecule is C[C@H](c1cccs1)N(C)C(=O)c1ccc(-n2ccnc2)cc1. The van der Waals surface area contributed by atoms with Gasteiger partial charge in [-0.3, -0.25) is 4.79 Å². The van der Waals surface area contributed by atoms with E-state index in [2.05, 4.69) is 11.1 Å². The van der Waals surface area contributed by atoms with Crippen LogP contribution in [0.25, 0.3) is 5.69 Å². The van der Waals surface area contributed by atoms with Gasteiger partial charge in [-0.05, 0) is 42.6 Å². The lowest BCUT2D eigenvalue weighted by Crippen LogP contribution is -2.29. The van der Waals surface area contributed by atoms with Crippen LogP contribution in [0.4, 0.5) is 0 Å². The molecule has 0 aliphatic rings. The summed E-state index contributed by atoms with van der Waals surface area (Å²) in [5, 5.41) is 2.03. The van der Waals surface area contributed by atoms with Crippen LogP contribution in [-0.2, 0) is 0 Å². The smallest absolute Gasteiger partial charge is 0.254 e. The number of benzene rings is 1. The monoisotopic (exact) mass is 311 g/mol. The Morgan fingerprint density at radius 3 is 2.64 bits per heavy atom. The molecule has 5 heteroatoms. The fourth-order valence-corrected chi connectivity index (χ4v) is 3.11. The third-order valence-electron chi connectivity index (χ3n) is 3.77. The molecule has 0 bridgehead atoms. The molecule has 112 valence electrons. The summed E-state index contributed by atoms with van der Waals surface area (Å²) in [6.07, 6.45) is 5.35. The van der Waals surface area contributed by atoms with Crippen molar-refractivity contribution in [3.8, 4) is 5.69 Å². The molecule has 0 aliphatic heterocycles. The van der Waals surface area contributed by atoms with E-state index in [0.29, 0.717) is 5.56 Å². The standard InChI is InChI=1S/C17H17N3OS/c1-13(16-4-3-11-22-16)19(2)17(21)14-5-7-15(8-6-14)20-10-9-18-12-20/h3-13H,1-2H3/t13-/m1/s1. The largest absolute Gasteiger partial charge is 0.334 e. The number of rotatable bonds is 4. The summed E-state index contributed by atoms with van der Waals surface area (Å²) in [6, 6.07) is 11.7. The van der Waals surface area contributed by atoms with E-state index in [1.54, 1.807) is 28.8 Å². The highest BCUT2D eigenvalue weighted by molar-refractivity contribution is 7.10. The van der Waals surface area contributed by atoms with Crippen molar-refractivity contribution in [3.63, 3.8) is 0 Å². The van der Waals surface area contributed by atoms with Crippen LogP contribution in [-0.4, -0.2) is 27.4 Å². The lowest BCUT2D eigenvalue weighted by molar-refractivity contribution is 0.0745. The second-order valence-electron chi connectivity index (χ2n) is 5.12. The topological polar surface area (TPSA) is 38.1 Å². The van der Waals surface area contributed by atoms with E-state index in [1.165, 1.54) is 4.88 Å². The number of imidazole rings is 1. The van der Waals surface area contributed by atoms with Crippen molar-refractivity contribution in [3.05, 3.63) is 70.9 Å². The molecule has 0 saturated heterocycles. The van der Waals surface area contributed by atoms with Gasteiger partial charge in [-0.25, -0.2) is 4.98 Å². The maximum Gasteiger partial charge on any atom is 0.254 e. The summed E-state index contributed by atoms with van der Waals surface area (Å²) in [5.74, 6) is 0.0260. The van der Waals surface area contributed by atoms with Gasteiger partial charge in [0.15, 0.2) is 0 Å². The van der Waals surface area contributed by atoms with Crippen molar-refractivity contribution in [1.29, 1.82) is 0 Å². The number of thiophene rings is 1. The molecule has 0 saturated carbocycles. The van der Waals surface area contributed by atoms with Gasteiger partial charge >= 0.3 is 0 Å². The summed E-state index contributed by atoms with van der Waals surface area (Å²) < 4.78 is 1.91. The zero-order valence-electron chi connectivity index (χ0n) is 12.5. The normalized spacial score (nSPS) is 12.1. The molecule has 3 rings (SSSR count). The maximum atomic E-state index is 12.6. The van der Waals surface area contributed by atoms with Crippen molar-refractivity contribution in [2.24, 2.45) is 0 Å². The van der Waals surface area contributed by atoms with Crippen molar-refractivity contribution in [2.75, 3.05) is 7.05 Å². The molecule has 1 aromatic carbocycles. The molecule has 0 radical (unpaired) electrons. The van der Waals surface area contributed by atoms with E-state index in [-0.39, 0.29) is 11.9 Å². The van der Waals surface area contributed by atoms with Crippen LogP contribution >= 0.6 is 11.3 Å². The summed E-state index contributed by atoms with van der Waals surface area (Å²) in [5.41, 5.74) is 1.68. The number of aromatic nitrogens is 2. The van der Waals surface area contributed by atoms with Crippen LogP contribution in [0.1, 0.15) is 28.2 Å². The Bertz CT molecular complexity index is 733. The molecule has 2 heterocycles. The fourth-order valence-electron chi connectivity index (χ4n) is 2.29. The number of hydrogen-bond donors (Lipinski definition) is 0. The van der Waals surface area contributed by atoms with Crippen molar-refractivity contribution >= 4 is 17.2 Å². The second kappa shape index (κ2) is 6.15. The molecule has 0 fully saturated rings. The minimum atomic E-state index is 0.0260. The van der Waals surface area contributed by atoms with Gasteiger partial charge in [-0.2, -0.15) is 0 Å². The van der Waals surface area contributed by atoms with E-state index < -0.39 is 0 Å². The Kier molecular flexibility index (Phi) is 4.06. The summed E-state index contributed by atoms with van der Waals surface area (Å²) in [4.78, 5) is 19.6. The minimum absolute atomic E-state index is 0.0260. The number of carbonyl (C=O) groups excluding carboxylic acids is 1. The Balaban J connectivity index is 1.77. The first-order chi connectivity index (χ1) is 10.7. The molecule has 3 aromatic rings. The molecule has 0 unspecified atom stereocenters. The lowest BCUT2D eigenvalue weighted by atomic mass is 10.1. The van der Waals surface area contributed by atoms with Crippen LogP contribution in [0, 0.1) is 0 Å². The summed E-state index contributed by atoms with van der Waals surface area (Å²) >= 11 is 1.67. The number of hydrogen-bond acceptors (Lipinski definition) is 3. The van der Waals surface area contributed by atoms with E-state index in [9.17, 15) is 4.79 Å². The van der Waals surface area contributed by atoms with E-state index in [4.69, 9.17) is 0 Å². The van der Waals surface area contributed by atoms with Crippen molar-refractivity contribution < 1.29 is 4.79 Å². The maximum absolute atomic E-state index is 12.6. The van der Waals surface area contributed by atoms with Crippen LogP contribution in [0.15, 0.2) is 60.5 Å². The first-order valence-electron chi connectivity index (χ1n) is 7.06. The second-order valence-corrected chi connectivity index (χ2v) is 6.10. The zero-order chi connectivity index (χ0) is 15.5. The van der Waals surface area contributed by atoms with Gasteiger partial charge < -0.3 is 9.47 Å². The predicted octanol–water partition coefficient (Wildman–Crippen LogP) is 3.77. The molecule has 0 aliphatic carbocycles.